The number of hydrogen-bond donors (Lipinski definition) is 2. The van der Waals surface area contributed by atoms with Gasteiger partial charge in [0.1, 0.15) is 6.33 Å². The predicted molar refractivity (Wildman–Crippen MR) is 109 cm³/mol. The van der Waals surface area contributed by atoms with E-state index in [0.717, 1.165) is 36.7 Å². The largest absolute Gasteiger partial charge is 0.352 e. The fraction of sp³-hybridized carbons (Fsp3) is 0.353. The minimum absolute atomic E-state index is 0. The lowest BCUT2D eigenvalue weighted by Gasteiger charge is -2.22. The summed E-state index contributed by atoms with van der Waals surface area (Å²) >= 11 is 0. The highest BCUT2D eigenvalue weighted by molar-refractivity contribution is 14.0. The van der Waals surface area contributed by atoms with Crippen molar-refractivity contribution >= 4 is 29.9 Å². The third kappa shape index (κ3) is 5.95. The lowest BCUT2D eigenvalue weighted by molar-refractivity contribution is 0.470. The van der Waals surface area contributed by atoms with Crippen LogP contribution in [-0.4, -0.2) is 46.7 Å². The molecule has 7 heteroatoms. The maximum absolute atomic E-state index is 4.33. The molecule has 2 N–H and O–H groups in total. The van der Waals surface area contributed by atoms with Crippen molar-refractivity contribution in [2.45, 2.75) is 19.4 Å². The Morgan fingerprint density at radius 3 is 2.96 bits per heavy atom. The van der Waals surface area contributed by atoms with Gasteiger partial charge in [-0.25, -0.2) is 4.98 Å². The molecule has 1 aromatic carbocycles. The molecule has 1 aromatic heterocycles. The Balaban J connectivity index is 0.00000288. The van der Waals surface area contributed by atoms with E-state index in [1.54, 1.807) is 7.05 Å². The number of allylic oxidation sites excluding steroid dienone is 1. The summed E-state index contributed by atoms with van der Waals surface area (Å²) in [5.41, 5.74) is 2.19. The van der Waals surface area contributed by atoms with Gasteiger partial charge in [-0.3, -0.25) is 10.1 Å². The number of hydrogen-bond acceptors (Lipinski definition) is 3. The van der Waals surface area contributed by atoms with Crippen LogP contribution in [0.2, 0.25) is 0 Å². The predicted octanol–water partition coefficient (Wildman–Crippen LogP) is 3.06. The zero-order valence-corrected chi connectivity index (χ0v) is 16.5. The van der Waals surface area contributed by atoms with Gasteiger partial charge in [-0.1, -0.05) is 24.3 Å². The van der Waals surface area contributed by atoms with E-state index < -0.39 is 0 Å². The second-order valence-electron chi connectivity index (χ2n) is 5.29. The Morgan fingerprint density at radius 2 is 2.29 bits per heavy atom. The van der Waals surface area contributed by atoms with E-state index in [1.165, 1.54) is 11.9 Å². The van der Waals surface area contributed by atoms with Crippen LogP contribution in [0.5, 0.6) is 0 Å². The minimum atomic E-state index is 0. The molecular formula is C17H25IN6. The van der Waals surface area contributed by atoms with Crippen molar-refractivity contribution < 1.29 is 0 Å². The molecule has 0 fully saturated rings. The van der Waals surface area contributed by atoms with Crippen LogP contribution in [-0.2, 0) is 6.54 Å². The zero-order valence-electron chi connectivity index (χ0n) is 14.2. The first-order chi connectivity index (χ1) is 11.2. The fourth-order valence-corrected chi connectivity index (χ4v) is 2.32. The molecule has 0 amide bonds. The highest BCUT2D eigenvalue weighted by Crippen LogP contribution is 2.15. The van der Waals surface area contributed by atoms with Crippen LogP contribution >= 0.6 is 24.0 Å². The van der Waals surface area contributed by atoms with Gasteiger partial charge in [-0.15, -0.1) is 30.6 Å². The summed E-state index contributed by atoms with van der Waals surface area (Å²) in [4.78, 5) is 10.6. The molecule has 0 aliphatic rings. The molecule has 2 rings (SSSR count). The Kier molecular flexibility index (Phi) is 9.06. The smallest absolute Gasteiger partial charge is 0.193 e. The molecule has 2 aromatic rings. The van der Waals surface area contributed by atoms with E-state index in [2.05, 4.69) is 49.1 Å². The van der Waals surface area contributed by atoms with Crippen molar-refractivity contribution in [1.82, 2.24) is 25.4 Å². The molecule has 0 radical (unpaired) electrons. The number of H-pyrrole nitrogens is 1. The van der Waals surface area contributed by atoms with Crippen molar-refractivity contribution in [2.24, 2.45) is 4.99 Å². The van der Waals surface area contributed by atoms with Crippen molar-refractivity contribution in [1.29, 1.82) is 0 Å². The maximum atomic E-state index is 4.33. The van der Waals surface area contributed by atoms with Gasteiger partial charge in [-0.05, 0) is 24.5 Å². The molecule has 0 saturated carbocycles. The Hall–Kier alpha value is -1.90. The SMILES string of the molecule is C=CCCCN(C)C(=NC)NCc1cccc(-c2ncn[nH]2)c1.I. The maximum Gasteiger partial charge on any atom is 0.193 e. The lowest BCUT2D eigenvalue weighted by Crippen LogP contribution is -2.38. The van der Waals surface area contributed by atoms with Gasteiger partial charge in [0.05, 0.1) is 0 Å². The Bertz CT molecular complexity index is 638. The highest BCUT2D eigenvalue weighted by atomic mass is 127. The van der Waals surface area contributed by atoms with Gasteiger partial charge in [0.15, 0.2) is 11.8 Å². The first-order valence-corrected chi connectivity index (χ1v) is 7.72. The molecule has 0 saturated heterocycles. The van der Waals surface area contributed by atoms with E-state index in [4.69, 9.17) is 0 Å². The summed E-state index contributed by atoms with van der Waals surface area (Å²) in [6, 6.07) is 8.21. The number of halogens is 1. The number of benzene rings is 1. The summed E-state index contributed by atoms with van der Waals surface area (Å²) in [6.45, 7) is 5.41. The molecule has 0 aliphatic carbocycles. The number of aromatic nitrogens is 3. The summed E-state index contributed by atoms with van der Waals surface area (Å²) in [6.07, 6.45) is 5.54. The van der Waals surface area contributed by atoms with E-state index >= 15 is 0 Å². The second kappa shape index (κ2) is 10.8. The topological polar surface area (TPSA) is 69.2 Å². The molecule has 0 bridgehead atoms. The summed E-state index contributed by atoms with van der Waals surface area (Å²) in [5, 5.41) is 10.2. The van der Waals surface area contributed by atoms with Gasteiger partial charge in [-0.2, -0.15) is 5.10 Å². The highest BCUT2D eigenvalue weighted by Gasteiger charge is 2.06. The van der Waals surface area contributed by atoms with Gasteiger partial charge in [0.2, 0.25) is 0 Å². The van der Waals surface area contributed by atoms with Crippen molar-refractivity contribution in [3.05, 3.63) is 48.8 Å². The normalized spacial score (nSPS) is 10.8. The average Bonchev–Trinajstić information content (AvgIpc) is 3.10. The van der Waals surface area contributed by atoms with Crippen molar-refractivity contribution in [2.75, 3.05) is 20.6 Å². The average molecular weight is 440 g/mol. The van der Waals surface area contributed by atoms with Crippen LogP contribution in [0.25, 0.3) is 11.4 Å². The molecule has 0 unspecified atom stereocenters. The summed E-state index contributed by atoms with van der Waals surface area (Å²) in [5.74, 6) is 1.66. The second-order valence-corrected chi connectivity index (χ2v) is 5.29. The Morgan fingerprint density at radius 1 is 1.46 bits per heavy atom. The molecule has 0 atom stereocenters. The number of guanidine groups is 1. The number of unbranched alkanes of at least 4 members (excludes halogenated alkanes) is 1. The molecule has 130 valence electrons. The van der Waals surface area contributed by atoms with Crippen LogP contribution in [0.4, 0.5) is 0 Å². The van der Waals surface area contributed by atoms with Gasteiger partial charge in [0, 0.05) is 32.7 Å². The fourth-order valence-electron chi connectivity index (χ4n) is 2.32. The van der Waals surface area contributed by atoms with E-state index in [9.17, 15) is 0 Å². The lowest BCUT2D eigenvalue weighted by atomic mass is 10.1. The monoisotopic (exact) mass is 440 g/mol. The first-order valence-electron chi connectivity index (χ1n) is 7.72. The molecule has 1 heterocycles. The molecular weight excluding hydrogens is 415 g/mol. The van der Waals surface area contributed by atoms with Crippen LogP contribution < -0.4 is 5.32 Å². The van der Waals surface area contributed by atoms with Crippen molar-refractivity contribution in [3.63, 3.8) is 0 Å². The van der Waals surface area contributed by atoms with Crippen LogP contribution in [0.1, 0.15) is 18.4 Å². The standard InChI is InChI=1S/C17H24N6.HI/c1-4-5-6-10-23(3)17(18-2)19-12-14-8-7-9-15(11-14)16-20-13-21-22-16;/h4,7-9,11,13H,1,5-6,10,12H2,2-3H3,(H,18,19)(H,20,21,22);1H. The quantitative estimate of drug-likeness (QED) is 0.228. The number of nitrogens with one attached hydrogen (secondary N) is 2. The molecule has 0 aliphatic heterocycles. The number of nitrogens with zero attached hydrogens (tertiary/aromatic N) is 4. The van der Waals surface area contributed by atoms with E-state index in [0.29, 0.717) is 6.54 Å². The minimum Gasteiger partial charge on any atom is -0.352 e. The number of aliphatic imine (C=N–C) groups is 1. The summed E-state index contributed by atoms with van der Waals surface area (Å²) in [7, 11) is 3.85. The first kappa shape index (κ1) is 20.1. The third-order valence-corrected chi connectivity index (χ3v) is 3.54. The van der Waals surface area contributed by atoms with E-state index in [-0.39, 0.29) is 24.0 Å². The number of rotatable bonds is 7. The molecule has 0 spiro atoms. The van der Waals surface area contributed by atoms with Crippen LogP contribution in [0.15, 0.2) is 48.2 Å². The van der Waals surface area contributed by atoms with Crippen LogP contribution in [0, 0.1) is 0 Å². The molecule has 24 heavy (non-hydrogen) atoms. The van der Waals surface area contributed by atoms with Gasteiger partial charge >= 0.3 is 0 Å². The van der Waals surface area contributed by atoms with E-state index in [1.807, 2.05) is 25.3 Å². The summed E-state index contributed by atoms with van der Waals surface area (Å²) < 4.78 is 0. The zero-order chi connectivity index (χ0) is 16.5. The van der Waals surface area contributed by atoms with Gasteiger partial charge < -0.3 is 10.2 Å². The van der Waals surface area contributed by atoms with Crippen LogP contribution in [0.3, 0.4) is 0 Å². The molecule has 6 nitrogen and oxygen atoms in total. The Labute approximate surface area is 160 Å². The van der Waals surface area contributed by atoms with Gasteiger partial charge in [0.25, 0.3) is 0 Å². The van der Waals surface area contributed by atoms with Crippen molar-refractivity contribution in [3.8, 4) is 11.4 Å². The third-order valence-electron chi connectivity index (χ3n) is 3.54. The number of aromatic amines is 1.